The predicted molar refractivity (Wildman–Crippen MR) is 129 cm³/mol. The second-order valence-electron chi connectivity index (χ2n) is 7.61. The lowest BCUT2D eigenvalue weighted by Gasteiger charge is -2.17. The number of halogens is 1. The number of benzene rings is 3. The zero-order valence-corrected chi connectivity index (χ0v) is 19.1. The van der Waals surface area contributed by atoms with E-state index in [4.69, 9.17) is 26.8 Å². The molecule has 1 heterocycles. The number of carbonyl (C=O) groups excluding carboxylic acids is 3. The van der Waals surface area contributed by atoms with Gasteiger partial charge in [-0.3, -0.25) is 14.4 Å². The van der Waals surface area contributed by atoms with Crippen molar-refractivity contribution >= 4 is 40.7 Å². The number of nitrogens with one attached hydrogen (secondary N) is 1. The number of para-hydroxylation sites is 1. The Labute approximate surface area is 201 Å². The molecule has 3 aromatic carbocycles. The standard InChI is InChI=1S/C25H22ClN3O5/c1-33-21-13-17(12-19(26)23(21)34-14-22(27)30)24(31)28-18-8-6-16(7-9-18)25(32)29-11-10-15-4-2-3-5-20(15)29/h2-9,12-13H,10-11,14H2,1H3,(H2,27,30)(H,28,31). The predicted octanol–water partition coefficient (Wildman–Crippen LogP) is 3.67. The topological polar surface area (TPSA) is 111 Å². The molecule has 1 aliphatic rings. The van der Waals surface area contributed by atoms with Gasteiger partial charge in [0.05, 0.1) is 12.1 Å². The number of fused-ring (bicyclic) bond motifs is 1. The Hall–Kier alpha value is -4.04. The first-order valence-corrected chi connectivity index (χ1v) is 10.8. The van der Waals surface area contributed by atoms with Crippen molar-refractivity contribution in [1.29, 1.82) is 0 Å². The van der Waals surface area contributed by atoms with Gasteiger partial charge in [-0.15, -0.1) is 0 Å². The van der Waals surface area contributed by atoms with E-state index in [9.17, 15) is 14.4 Å². The third-order valence-corrected chi connectivity index (χ3v) is 5.65. The third kappa shape index (κ3) is 4.82. The smallest absolute Gasteiger partial charge is 0.258 e. The van der Waals surface area contributed by atoms with E-state index >= 15 is 0 Å². The average molecular weight is 480 g/mol. The highest BCUT2D eigenvalue weighted by atomic mass is 35.5. The number of anilines is 2. The first-order chi connectivity index (χ1) is 16.4. The Morgan fingerprint density at radius 1 is 1.06 bits per heavy atom. The molecule has 0 fully saturated rings. The number of rotatable bonds is 7. The van der Waals surface area contributed by atoms with Gasteiger partial charge in [-0.25, -0.2) is 0 Å². The first-order valence-electron chi connectivity index (χ1n) is 10.5. The molecule has 0 bridgehead atoms. The van der Waals surface area contributed by atoms with Crippen molar-refractivity contribution in [2.45, 2.75) is 6.42 Å². The van der Waals surface area contributed by atoms with Gasteiger partial charge in [0.25, 0.3) is 17.7 Å². The van der Waals surface area contributed by atoms with Crippen molar-refractivity contribution in [3.8, 4) is 11.5 Å². The van der Waals surface area contributed by atoms with Gasteiger partial charge in [0.1, 0.15) is 0 Å². The Balaban J connectivity index is 1.46. The maximum absolute atomic E-state index is 13.0. The van der Waals surface area contributed by atoms with E-state index in [1.807, 2.05) is 24.3 Å². The second-order valence-corrected chi connectivity index (χ2v) is 8.02. The number of hydrogen-bond acceptors (Lipinski definition) is 5. The molecule has 0 radical (unpaired) electrons. The summed E-state index contributed by atoms with van der Waals surface area (Å²) in [4.78, 5) is 38.5. The van der Waals surface area contributed by atoms with Gasteiger partial charge >= 0.3 is 0 Å². The van der Waals surface area contributed by atoms with Crippen LogP contribution in [0, 0.1) is 0 Å². The van der Waals surface area contributed by atoms with Crippen LogP contribution in [0.25, 0.3) is 0 Å². The Morgan fingerprint density at radius 2 is 1.79 bits per heavy atom. The minimum atomic E-state index is -0.671. The van der Waals surface area contributed by atoms with Crippen molar-refractivity contribution in [2.24, 2.45) is 5.73 Å². The Kier molecular flexibility index (Phi) is 6.70. The molecule has 3 amide bonds. The molecule has 174 valence electrons. The van der Waals surface area contributed by atoms with Gasteiger partial charge in [-0.1, -0.05) is 29.8 Å². The molecule has 3 N–H and O–H groups in total. The van der Waals surface area contributed by atoms with Crippen LogP contribution in [0.1, 0.15) is 26.3 Å². The summed E-state index contributed by atoms with van der Waals surface area (Å²) >= 11 is 6.22. The van der Waals surface area contributed by atoms with Gasteiger partial charge in [0.2, 0.25) is 0 Å². The molecule has 1 aliphatic heterocycles. The first kappa shape index (κ1) is 23.1. The summed E-state index contributed by atoms with van der Waals surface area (Å²) in [5.74, 6) is -0.896. The van der Waals surface area contributed by atoms with Crippen LogP contribution in [0.3, 0.4) is 0 Å². The fourth-order valence-corrected chi connectivity index (χ4v) is 4.00. The van der Waals surface area contributed by atoms with Crippen LogP contribution in [-0.2, 0) is 11.2 Å². The minimum absolute atomic E-state index is 0.0918. The highest BCUT2D eigenvalue weighted by Gasteiger charge is 2.25. The van der Waals surface area contributed by atoms with Gasteiger partial charge in [-0.2, -0.15) is 0 Å². The molecule has 0 unspecified atom stereocenters. The van der Waals surface area contributed by atoms with Crippen molar-refractivity contribution in [1.82, 2.24) is 0 Å². The van der Waals surface area contributed by atoms with E-state index in [0.29, 0.717) is 17.8 Å². The Morgan fingerprint density at radius 3 is 2.50 bits per heavy atom. The molecule has 0 aromatic heterocycles. The van der Waals surface area contributed by atoms with Crippen molar-refractivity contribution in [2.75, 3.05) is 30.5 Å². The summed E-state index contributed by atoms with van der Waals surface area (Å²) in [7, 11) is 1.39. The summed E-state index contributed by atoms with van der Waals surface area (Å²) in [5.41, 5.74) is 8.43. The lowest BCUT2D eigenvalue weighted by Crippen LogP contribution is -2.28. The number of nitrogens with zero attached hydrogens (tertiary/aromatic N) is 1. The van der Waals surface area contributed by atoms with Crippen LogP contribution in [0.5, 0.6) is 11.5 Å². The van der Waals surface area contributed by atoms with E-state index in [1.54, 1.807) is 29.2 Å². The molecule has 0 saturated heterocycles. The number of methoxy groups -OCH3 is 1. The number of primary amides is 1. The largest absolute Gasteiger partial charge is 0.493 e. The molecular formula is C25H22ClN3O5. The van der Waals surface area contributed by atoms with Crippen molar-refractivity contribution < 1.29 is 23.9 Å². The van der Waals surface area contributed by atoms with Crippen LogP contribution in [0.2, 0.25) is 5.02 Å². The van der Waals surface area contributed by atoms with Gasteiger partial charge in [0, 0.05) is 29.0 Å². The quantitative estimate of drug-likeness (QED) is 0.537. The molecule has 0 saturated carbocycles. The molecule has 3 aromatic rings. The zero-order chi connectivity index (χ0) is 24.2. The SMILES string of the molecule is COc1cc(C(=O)Nc2ccc(C(=O)N3CCc4ccccc43)cc2)cc(Cl)c1OCC(N)=O. The summed E-state index contributed by atoms with van der Waals surface area (Å²) in [6, 6.07) is 17.4. The van der Waals surface area contributed by atoms with Crippen LogP contribution in [0.4, 0.5) is 11.4 Å². The molecule has 34 heavy (non-hydrogen) atoms. The number of carbonyl (C=O) groups is 3. The van der Waals surface area contributed by atoms with Gasteiger partial charge in [0.15, 0.2) is 18.1 Å². The third-order valence-electron chi connectivity index (χ3n) is 5.37. The normalized spacial score (nSPS) is 12.1. The summed E-state index contributed by atoms with van der Waals surface area (Å²) in [6.45, 7) is 0.258. The molecule has 8 nitrogen and oxygen atoms in total. The van der Waals surface area contributed by atoms with Crippen LogP contribution in [-0.4, -0.2) is 38.0 Å². The number of nitrogens with two attached hydrogens (primary N) is 1. The van der Waals surface area contributed by atoms with E-state index in [1.165, 1.54) is 19.2 Å². The molecule has 9 heteroatoms. The van der Waals surface area contributed by atoms with E-state index in [2.05, 4.69) is 5.32 Å². The van der Waals surface area contributed by atoms with Crippen LogP contribution < -0.4 is 25.4 Å². The Bertz CT molecular complexity index is 1260. The zero-order valence-electron chi connectivity index (χ0n) is 18.3. The van der Waals surface area contributed by atoms with Crippen molar-refractivity contribution in [3.63, 3.8) is 0 Å². The average Bonchev–Trinajstić information content (AvgIpc) is 3.27. The summed E-state index contributed by atoms with van der Waals surface area (Å²) in [6.07, 6.45) is 0.828. The monoisotopic (exact) mass is 479 g/mol. The maximum atomic E-state index is 13.0. The van der Waals surface area contributed by atoms with E-state index in [0.717, 1.165) is 17.7 Å². The number of hydrogen-bond donors (Lipinski definition) is 2. The number of ether oxygens (including phenoxy) is 2. The molecule has 4 rings (SSSR count). The highest BCUT2D eigenvalue weighted by molar-refractivity contribution is 6.32. The van der Waals surface area contributed by atoms with Crippen molar-refractivity contribution in [3.05, 3.63) is 82.4 Å². The molecule has 0 spiro atoms. The molecular weight excluding hydrogens is 458 g/mol. The minimum Gasteiger partial charge on any atom is -0.493 e. The summed E-state index contributed by atoms with van der Waals surface area (Å²) < 4.78 is 10.5. The van der Waals surface area contributed by atoms with E-state index in [-0.39, 0.29) is 34.6 Å². The fraction of sp³-hybridized carbons (Fsp3) is 0.160. The second kappa shape index (κ2) is 9.84. The lowest BCUT2D eigenvalue weighted by atomic mass is 10.1. The molecule has 0 aliphatic carbocycles. The van der Waals surface area contributed by atoms with Gasteiger partial charge in [-0.05, 0) is 54.4 Å². The summed E-state index contributed by atoms with van der Waals surface area (Å²) in [5, 5.41) is 2.86. The number of amides is 3. The van der Waals surface area contributed by atoms with Crippen LogP contribution >= 0.6 is 11.6 Å². The van der Waals surface area contributed by atoms with Gasteiger partial charge < -0.3 is 25.4 Å². The molecule has 0 atom stereocenters. The maximum Gasteiger partial charge on any atom is 0.258 e. The van der Waals surface area contributed by atoms with E-state index < -0.39 is 11.8 Å². The lowest BCUT2D eigenvalue weighted by molar-refractivity contribution is -0.119. The van der Waals surface area contributed by atoms with Crippen LogP contribution in [0.15, 0.2) is 60.7 Å². The highest BCUT2D eigenvalue weighted by Crippen LogP contribution is 2.36. The fourth-order valence-electron chi connectivity index (χ4n) is 3.74.